The Labute approximate surface area is 55.7 Å². The molecule has 0 heterocycles. The molecule has 0 spiro atoms. The predicted octanol–water partition coefficient (Wildman–Crippen LogP) is 1.82. The molecule has 0 fully saturated rings. The normalized spacial score (nSPS) is 12.9. The van der Waals surface area contributed by atoms with Gasteiger partial charge in [-0.15, -0.1) is 0 Å². The first-order valence-electron chi connectivity index (χ1n) is 1.34. The molecule has 2 nitrogen and oxygen atoms in total. The summed E-state index contributed by atoms with van der Waals surface area (Å²) in [6.45, 7) is 0. The summed E-state index contributed by atoms with van der Waals surface area (Å²) in [5.41, 5.74) is 0. The monoisotopic (exact) mass is 161 g/mol. The zero-order valence-corrected chi connectivity index (χ0v) is 5.37. The van der Waals surface area contributed by atoms with E-state index >= 15 is 0 Å². The van der Waals surface area contributed by atoms with Crippen molar-refractivity contribution in [3.8, 4) is 0 Å². The Morgan fingerprint density at radius 3 is 2.00 bits per heavy atom. The number of rotatable bonds is 1. The van der Waals surface area contributed by atoms with E-state index in [1.165, 1.54) is 0 Å². The molecule has 0 amide bonds. The van der Waals surface area contributed by atoms with E-state index < -0.39 is 4.84 Å². The van der Waals surface area contributed by atoms with Crippen molar-refractivity contribution in [2.24, 2.45) is 5.16 Å². The van der Waals surface area contributed by atoms with Crippen molar-refractivity contribution in [3.63, 3.8) is 0 Å². The summed E-state index contributed by atoms with van der Waals surface area (Å²) >= 11 is 15.2. The van der Waals surface area contributed by atoms with Crippen LogP contribution in [0.5, 0.6) is 0 Å². The number of alkyl halides is 2. The first kappa shape index (κ1) is 7.34. The average Bonchev–Trinajstić information content (AvgIpc) is 1.65. The van der Waals surface area contributed by atoms with Crippen LogP contribution in [-0.2, 0) is 0 Å². The third kappa shape index (κ3) is 2.97. The Balaban J connectivity index is 3.56. The van der Waals surface area contributed by atoms with E-state index in [1.54, 1.807) is 0 Å². The number of halogens is 3. The summed E-state index contributed by atoms with van der Waals surface area (Å²) in [5.74, 6) is 0. The molecule has 0 radical (unpaired) electrons. The van der Waals surface area contributed by atoms with Gasteiger partial charge < -0.3 is 5.21 Å². The Morgan fingerprint density at radius 2 is 2.00 bits per heavy atom. The van der Waals surface area contributed by atoms with Crippen LogP contribution < -0.4 is 0 Å². The van der Waals surface area contributed by atoms with Crippen molar-refractivity contribution >= 4 is 40.0 Å². The maximum absolute atomic E-state index is 7.79. The minimum absolute atomic E-state index is 0.219. The number of hydrogen-bond acceptors (Lipinski definition) is 2. The minimum Gasteiger partial charge on any atom is -0.410 e. The van der Waals surface area contributed by atoms with E-state index in [9.17, 15) is 0 Å². The number of hydrogen-bond donors (Lipinski definition) is 1. The van der Waals surface area contributed by atoms with Crippen LogP contribution in [0.15, 0.2) is 5.16 Å². The molecular weight excluding hydrogens is 160 g/mol. The Bertz CT molecular complexity index is 81.0. The molecule has 5 heteroatoms. The number of oxime groups is 1. The molecule has 0 bridgehead atoms. The molecule has 7 heavy (non-hydrogen) atoms. The van der Waals surface area contributed by atoms with Gasteiger partial charge in [0.25, 0.3) is 0 Å². The van der Waals surface area contributed by atoms with Gasteiger partial charge in [-0.1, -0.05) is 40.0 Å². The van der Waals surface area contributed by atoms with Crippen LogP contribution in [-0.4, -0.2) is 15.2 Å². The first-order chi connectivity index (χ1) is 3.18. The Morgan fingerprint density at radius 1 is 1.57 bits per heavy atom. The van der Waals surface area contributed by atoms with Gasteiger partial charge in [0, 0.05) is 0 Å². The van der Waals surface area contributed by atoms with E-state index in [0.29, 0.717) is 0 Å². The van der Waals surface area contributed by atoms with Gasteiger partial charge in [0.05, 0.1) is 0 Å². The molecule has 0 rings (SSSR count). The van der Waals surface area contributed by atoms with E-state index in [0.717, 1.165) is 0 Å². The number of nitrogens with zero attached hydrogens (tertiary/aromatic N) is 1. The summed E-state index contributed by atoms with van der Waals surface area (Å²) < 4.78 is 0. The van der Waals surface area contributed by atoms with Gasteiger partial charge in [0.1, 0.15) is 0 Å². The van der Waals surface area contributed by atoms with Crippen LogP contribution in [0.3, 0.4) is 0 Å². The lowest BCUT2D eigenvalue weighted by Crippen LogP contribution is -1.97. The molecule has 0 saturated heterocycles. The average molecular weight is 162 g/mol. The molecule has 0 saturated carbocycles. The molecule has 0 aromatic carbocycles. The van der Waals surface area contributed by atoms with Crippen molar-refractivity contribution < 1.29 is 5.21 Å². The summed E-state index contributed by atoms with van der Waals surface area (Å²) in [5, 5.41) is 10.1. The van der Waals surface area contributed by atoms with Gasteiger partial charge in [0.2, 0.25) is 0 Å². The molecule has 0 aliphatic carbocycles. The molecule has 0 atom stereocenters. The predicted molar refractivity (Wildman–Crippen MR) is 30.6 cm³/mol. The van der Waals surface area contributed by atoms with Crippen molar-refractivity contribution in [2.75, 3.05) is 0 Å². The maximum Gasteiger partial charge on any atom is 0.178 e. The third-order valence-corrected chi connectivity index (χ3v) is 1.21. The van der Waals surface area contributed by atoms with E-state index in [1.807, 2.05) is 0 Å². The zero-order chi connectivity index (χ0) is 5.86. The van der Waals surface area contributed by atoms with Crippen LogP contribution in [0.4, 0.5) is 0 Å². The van der Waals surface area contributed by atoms with Gasteiger partial charge in [0.15, 0.2) is 10.0 Å². The van der Waals surface area contributed by atoms with Gasteiger partial charge >= 0.3 is 0 Å². The molecule has 0 aromatic rings. The van der Waals surface area contributed by atoms with Crippen LogP contribution >= 0.6 is 34.8 Å². The van der Waals surface area contributed by atoms with Gasteiger partial charge in [-0.3, -0.25) is 0 Å². The lowest BCUT2D eigenvalue weighted by molar-refractivity contribution is 0.320. The minimum atomic E-state index is -0.924. The Hall–Kier alpha value is 0.340. The fraction of sp³-hybridized carbons (Fsp3) is 0.500. The van der Waals surface area contributed by atoms with Crippen LogP contribution in [0.2, 0.25) is 0 Å². The standard InChI is InChI=1S/C2H2Cl3NO/c3-1(4)2(5)6-7/h1,7H. The second kappa shape index (κ2) is 3.36. The molecule has 0 aromatic heterocycles. The van der Waals surface area contributed by atoms with Gasteiger partial charge in [-0.2, -0.15) is 0 Å². The van der Waals surface area contributed by atoms with E-state index in [-0.39, 0.29) is 5.17 Å². The van der Waals surface area contributed by atoms with Crippen LogP contribution in [0.25, 0.3) is 0 Å². The summed E-state index contributed by atoms with van der Waals surface area (Å²) in [6.07, 6.45) is 0. The highest BCUT2D eigenvalue weighted by Gasteiger charge is 2.03. The van der Waals surface area contributed by atoms with Gasteiger partial charge in [-0.05, 0) is 0 Å². The topological polar surface area (TPSA) is 32.6 Å². The van der Waals surface area contributed by atoms with Crippen molar-refractivity contribution in [1.29, 1.82) is 0 Å². The summed E-state index contributed by atoms with van der Waals surface area (Å²) in [6, 6.07) is 0. The second-order valence-corrected chi connectivity index (χ2v) is 2.21. The smallest absolute Gasteiger partial charge is 0.178 e. The third-order valence-electron chi connectivity index (χ3n) is 0.276. The fourth-order valence-electron chi connectivity index (χ4n) is 0.0436. The highest BCUT2D eigenvalue weighted by molar-refractivity contribution is 6.77. The van der Waals surface area contributed by atoms with E-state index in [4.69, 9.17) is 40.0 Å². The summed E-state index contributed by atoms with van der Waals surface area (Å²) in [7, 11) is 0. The van der Waals surface area contributed by atoms with Crippen molar-refractivity contribution in [2.45, 2.75) is 4.84 Å². The first-order valence-corrected chi connectivity index (χ1v) is 2.59. The SMILES string of the molecule is ON=C(Cl)C(Cl)Cl. The highest BCUT2D eigenvalue weighted by atomic mass is 35.5. The van der Waals surface area contributed by atoms with Gasteiger partial charge in [-0.25, -0.2) is 0 Å². The Kier molecular flexibility index (Phi) is 3.52. The molecule has 0 aliphatic rings. The zero-order valence-electron chi connectivity index (χ0n) is 3.11. The molecule has 1 N–H and O–H groups in total. The largest absolute Gasteiger partial charge is 0.410 e. The lowest BCUT2D eigenvalue weighted by Gasteiger charge is -1.89. The van der Waals surface area contributed by atoms with Crippen LogP contribution in [0.1, 0.15) is 0 Å². The summed E-state index contributed by atoms with van der Waals surface area (Å²) in [4.78, 5) is -0.924. The quantitative estimate of drug-likeness (QED) is 0.271. The van der Waals surface area contributed by atoms with Crippen molar-refractivity contribution in [3.05, 3.63) is 0 Å². The lowest BCUT2D eigenvalue weighted by atomic mass is 10.9. The fourth-order valence-corrected chi connectivity index (χ4v) is 0.131. The second-order valence-electron chi connectivity index (χ2n) is 0.723. The van der Waals surface area contributed by atoms with Crippen LogP contribution in [0, 0.1) is 0 Å². The molecule has 0 unspecified atom stereocenters. The highest BCUT2D eigenvalue weighted by Crippen LogP contribution is 2.06. The molecular formula is C2H2Cl3NO. The maximum atomic E-state index is 7.79. The van der Waals surface area contributed by atoms with Crippen molar-refractivity contribution in [1.82, 2.24) is 0 Å². The molecule has 42 valence electrons. The molecule has 0 aliphatic heterocycles. The van der Waals surface area contributed by atoms with E-state index in [2.05, 4.69) is 5.16 Å².